The van der Waals surface area contributed by atoms with Crippen LogP contribution in [0.2, 0.25) is 30.2 Å². The van der Waals surface area contributed by atoms with Crippen LogP contribution in [0.4, 0.5) is 0 Å². The number of hydrogen-bond donors (Lipinski definition) is 0. The quantitative estimate of drug-likeness (QED) is 0.0404. The van der Waals surface area contributed by atoms with Gasteiger partial charge in [0, 0.05) is 216 Å². The van der Waals surface area contributed by atoms with Crippen molar-refractivity contribution >= 4 is 44.0 Å². The summed E-state index contributed by atoms with van der Waals surface area (Å²) in [6, 6.07) is 2.67. The van der Waals surface area contributed by atoms with E-state index in [1.807, 2.05) is 0 Å². The normalized spacial score (nSPS) is 13.3. The maximum atomic E-state index is 7.12. The molecule has 0 fully saturated rings. The first-order valence-corrected chi connectivity index (χ1v) is 48.9. The lowest BCUT2D eigenvalue weighted by molar-refractivity contribution is -0.146. The van der Waals surface area contributed by atoms with Crippen LogP contribution in [0.25, 0.3) is 0 Å². The van der Waals surface area contributed by atoms with Gasteiger partial charge in [0.15, 0.2) is 0 Å². The third kappa shape index (κ3) is 45.9. The molecule has 0 bridgehead atoms. The Morgan fingerprint density at radius 3 is 0.383 bits per heavy atom. The van der Waals surface area contributed by atoms with Crippen LogP contribution in [0.5, 0.6) is 0 Å². The minimum Gasteiger partial charge on any atom is -0.381 e. The fourth-order valence-electron chi connectivity index (χ4n) is 11.7. The lowest BCUT2D eigenvalue weighted by atomic mass is 9.90. The van der Waals surface area contributed by atoms with Crippen LogP contribution in [-0.2, 0) is 133 Å². The lowest BCUT2D eigenvalue weighted by Crippen LogP contribution is -2.46. The zero-order valence-electron chi connectivity index (χ0n) is 71.0. The standard InChI is InChI=1S/C73H158O29Si5/c1-21-26-37-89-54-70(55-90-38-27-22-2,56-91-39-28-23-3)66-101-67-71(57-92-40-29-24-4,58-93-41-30-25-5)59-94-42-31-43-95-60-72(61-96-44-32-49-103(74-6,75-7)76-8,62-97-45-33-50-104(77-9,78-10)79-11)68-102-69-73(63-98-46-34-51-105(80-12,81-13)82-14,64-99-47-35-52-106(83-15,84-16)85-17)65-100-48-36-53-107(86-18,87-19)88-20/h21-69H2,1-20H3. The summed E-state index contributed by atoms with van der Waals surface area (Å²) in [5.41, 5.74) is -2.93. The van der Waals surface area contributed by atoms with Gasteiger partial charge in [0.2, 0.25) is 0 Å². The molecule has 0 saturated carbocycles. The van der Waals surface area contributed by atoms with Gasteiger partial charge in [0.05, 0.1) is 127 Å². The van der Waals surface area contributed by atoms with Crippen molar-refractivity contribution in [3.05, 3.63) is 0 Å². The van der Waals surface area contributed by atoms with E-state index in [1.165, 1.54) is 0 Å². The van der Waals surface area contributed by atoms with Gasteiger partial charge >= 0.3 is 44.0 Å². The SMILES string of the molecule is CCCCOCC(COCCCC)(COCCCC)COCC(COCCCC)(COCCCC)COCCCOCC(COCCC[Si](OC)(OC)OC)(COCCC[Si](OC)(OC)OC)COCC(COCCC[Si](OC)(OC)OC)(COCCC[Si](OC)(OC)OC)COCCC[Si](OC)(OC)OC. The number of unbranched alkanes of at least 4 members (excludes halogenated alkanes) is 5. The van der Waals surface area contributed by atoms with Crippen LogP contribution in [0.15, 0.2) is 0 Å². The van der Waals surface area contributed by atoms with E-state index in [4.69, 9.17) is 133 Å². The van der Waals surface area contributed by atoms with Crippen molar-refractivity contribution in [1.82, 2.24) is 0 Å². The van der Waals surface area contributed by atoms with Crippen LogP contribution in [0.3, 0.4) is 0 Å². The van der Waals surface area contributed by atoms with E-state index in [2.05, 4.69) is 34.6 Å². The first kappa shape index (κ1) is 107. The Morgan fingerprint density at radius 2 is 0.262 bits per heavy atom. The van der Waals surface area contributed by atoms with Crippen LogP contribution in [0, 0.1) is 21.7 Å². The highest BCUT2D eigenvalue weighted by Crippen LogP contribution is 2.31. The van der Waals surface area contributed by atoms with Crippen molar-refractivity contribution in [2.24, 2.45) is 21.7 Å². The largest absolute Gasteiger partial charge is 0.500 e. The molecule has 0 aliphatic carbocycles. The van der Waals surface area contributed by atoms with Gasteiger partial charge in [-0.3, -0.25) is 0 Å². The summed E-state index contributed by atoms with van der Waals surface area (Å²) in [6.45, 7) is 21.1. The zero-order valence-corrected chi connectivity index (χ0v) is 76.0. The van der Waals surface area contributed by atoms with Crippen molar-refractivity contribution < 1.29 is 133 Å². The maximum absolute atomic E-state index is 7.12. The third-order valence-corrected chi connectivity index (χ3v) is 33.0. The molecule has 0 radical (unpaired) electrons. The first-order valence-electron chi connectivity index (χ1n) is 39.2. The highest BCUT2D eigenvalue weighted by molar-refractivity contribution is 6.62. The Kier molecular flexibility index (Phi) is 67.0. The number of rotatable bonds is 86. The van der Waals surface area contributed by atoms with Crippen molar-refractivity contribution in [3.8, 4) is 0 Å². The third-order valence-electron chi connectivity index (χ3n) is 18.8. The molecule has 0 N–H and O–H groups in total. The predicted molar refractivity (Wildman–Crippen MR) is 421 cm³/mol. The van der Waals surface area contributed by atoms with Gasteiger partial charge in [-0.25, -0.2) is 0 Å². The van der Waals surface area contributed by atoms with E-state index in [1.54, 1.807) is 107 Å². The summed E-state index contributed by atoms with van der Waals surface area (Å²) in [4.78, 5) is 0. The molecule has 107 heavy (non-hydrogen) atoms. The fraction of sp³-hybridized carbons (Fsp3) is 1.00. The molecule has 0 heterocycles. The Morgan fingerprint density at radius 1 is 0.150 bits per heavy atom. The van der Waals surface area contributed by atoms with Crippen LogP contribution in [-0.4, -0.2) is 336 Å². The lowest BCUT2D eigenvalue weighted by Gasteiger charge is -2.37. The maximum Gasteiger partial charge on any atom is 0.500 e. The summed E-state index contributed by atoms with van der Waals surface area (Å²) in [6.07, 6.45) is 13.4. The topological polar surface area (TPSA) is 268 Å². The van der Waals surface area contributed by atoms with Crippen molar-refractivity contribution in [3.63, 3.8) is 0 Å². The summed E-state index contributed by atoms with van der Waals surface area (Å²) in [5, 5.41) is 0. The molecule has 34 heteroatoms. The molecule has 0 aromatic carbocycles. The molecule has 0 spiro atoms. The molecule has 0 aliphatic rings. The van der Waals surface area contributed by atoms with Gasteiger partial charge in [-0.15, -0.1) is 0 Å². The van der Waals surface area contributed by atoms with Gasteiger partial charge in [0.25, 0.3) is 0 Å². The van der Waals surface area contributed by atoms with E-state index < -0.39 is 65.7 Å². The molecule has 0 aromatic heterocycles. The fourth-order valence-corrected chi connectivity index (χ4v) is 20.1. The molecule has 0 atom stereocenters. The molecule has 0 rings (SSSR count). The molecule has 0 saturated heterocycles. The van der Waals surface area contributed by atoms with Crippen LogP contribution >= 0.6 is 0 Å². The number of ether oxygens (including phenoxy) is 14. The van der Waals surface area contributed by atoms with Gasteiger partial charge in [0.1, 0.15) is 0 Å². The van der Waals surface area contributed by atoms with Crippen LogP contribution < -0.4 is 0 Å². The van der Waals surface area contributed by atoms with Crippen LogP contribution in [0.1, 0.15) is 137 Å². The van der Waals surface area contributed by atoms with Gasteiger partial charge in [-0.2, -0.15) is 0 Å². The van der Waals surface area contributed by atoms with Crippen molar-refractivity contribution in [1.29, 1.82) is 0 Å². The molecular weight excluding hydrogens is 1480 g/mol. The minimum atomic E-state index is -2.93. The van der Waals surface area contributed by atoms with E-state index >= 15 is 0 Å². The minimum absolute atomic E-state index is 0.127. The Hall–Kier alpha value is -0.0756. The Bertz CT molecular complexity index is 1750. The van der Waals surface area contributed by atoms with E-state index in [0.29, 0.717) is 201 Å². The van der Waals surface area contributed by atoms with Gasteiger partial charge in [-0.05, 0) is 70.6 Å². The highest BCUT2D eigenvalue weighted by atomic mass is 28.4. The summed E-state index contributed by atoms with van der Waals surface area (Å²) < 4.78 is 180. The van der Waals surface area contributed by atoms with Gasteiger partial charge in [-0.1, -0.05) is 66.7 Å². The molecule has 644 valence electrons. The second kappa shape index (κ2) is 67.0. The molecule has 0 unspecified atom stereocenters. The summed E-state index contributed by atoms with van der Waals surface area (Å²) in [7, 11) is 9.51. The second-order valence-electron chi connectivity index (χ2n) is 27.7. The average Bonchev–Trinajstić information content (AvgIpc) is 0.847. The Labute approximate surface area is 654 Å². The average molecular weight is 1640 g/mol. The zero-order chi connectivity index (χ0) is 79.7. The molecule has 0 aromatic rings. The van der Waals surface area contributed by atoms with E-state index in [0.717, 1.165) is 64.2 Å². The van der Waals surface area contributed by atoms with Crippen molar-refractivity contribution in [2.45, 2.75) is 168 Å². The van der Waals surface area contributed by atoms with E-state index in [-0.39, 0.29) is 52.9 Å². The monoisotopic (exact) mass is 1640 g/mol. The highest BCUT2D eigenvalue weighted by Gasteiger charge is 2.44. The van der Waals surface area contributed by atoms with Crippen molar-refractivity contribution in [2.75, 3.05) is 292 Å². The Balaban J connectivity index is 7.81. The molecular formula is C73H158O29Si5. The summed E-state index contributed by atoms with van der Waals surface area (Å²) >= 11 is 0. The smallest absolute Gasteiger partial charge is 0.381 e. The molecule has 29 nitrogen and oxygen atoms in total. The first-order chi connectivity index (χ1) is 51.9. The second-order valence-corrected chi connectivity index (χ2v) is 43.2. The number of hydrogen-bond acceptors (Lipinski definition) is 29. The predicted octanol–water partition coefficient (Wildman–Crippen LogP) is 10.9. The molecule has 0 amide bonds. The van der Waals surface area contributed by atoms with E-state index in [9.17, 15) is 0 Å². The van der Waals surface area contributed by atoms with Gasteiger partial charge < -0.3 is 133 Å². The summed E-state index contributed by atoms with van der Waals surface area (Å²) in [5.74, 6) is 0. The molecule has 0 aliphatic heterocycles.